The number of nitrogens with one attached hydrogen (secondary N) is 1. The number of halogens is 1. The first-order valence-electron chi connectivity index (χ1n) is 6.20. The summed E-state index contributed by atoms with van der Waals surface area (Å²) in [7, 11) is 0. The highest BCUT2D eigenvalue weighted by Gasteiger charge is 2.05. The molecule has 0 aliphatic carbocycles. The van der Waals surface area contributed by atoms with Crippen molar-refractivity contribution < 1.29 is 0 Å². The summed E-state index contributed by atoms with van der Waals surface area (Å²) in [5.41, 5.74) is 3.88. The molecule has 0 aliphatic rings. The monoisotopic (exact) mass is 259 g/mol. The van der Waals surface area contributed by atoms with Crippen LogP contribution in [0, 0.1) is 6.92 Å². The van der Waals surface area contributed by atoms with Gasteiger partial charge < -0.3 is 5.32 Å². The molecule has 18 heavy (non-hydrogen) atoms. The second kappa shape index (κ2) is 6.03. The van der Waals surface area contributed by atoms with E-state index in [1.165, 1.54) is 16.7 Å². The zero-order valence-electron chi connectivity index (χ0n) is 10.8. The maximum Gasteiger partial charge on any atom is 0.0409 e. The van der Waals surface area contributed by atoms with E-state index < -0.39 is 0 Å². The molecule has 0 aromatic heterocycles. The minimum atomic E-state index is 0.295. The van der Waals surface area contributed by atoms with Gasteiger partial charge in [-0.2, -0.15) is 0 Å². The fourth-order valence-electron chi connectivity index (χ4n) is 1.97. The molecule has 0 spiro atoms. The fraction of sp³-hybridized carbons (Fsp3) is 0.250. The number of benzene rings is 2. The Kier molecular flexibility index (Phi) is 4.40. The molecular formula is C16H18ClN. The van der Waals surface area contributed by atoms with Crippen LogP contribution in [0.15, 0.2) is 48.5 Å². The third-order valence-corrected chi connectivity index (χ3v) is 3.44. The van der Waals surface area contributed by atoms with E-state index in [0.717, 1.165) is 11.6 Å². The van der Waals surface area contributed by atoms with Crippen LogP contribution in [0.4, 0.5) is 0 Å². The largest absolute Gasteiger partial charge is 0.306 e. The van der Waals surface area contributed by atoms with Gasteiger partial charge in [0.1, 0.15) is 0 Å². The Hall–Kier alpha value is -1.31. The Morgan fingerprint density at radius 3 is 2.61 bits per heavy atom. The Morgan fingerprint density at radius 1 is 1.11 bits per heavy atom. The lowest BCUT2D eigenvalue weighted by molar-refractivity contribution is 0.573. The van der Waals surface area contributed by atoms with Crippen LogP contribution in [-0.4, -0.2) is 0 Å². The van der Waals surface area contributed by atoms with Gasteiger partial charge in [0.25, 0.3) is 0 Å². The summed E-state index contributed by atoms with van der Waals surface area (Å²) in [6.45, 7) is 5.17. The van der Waals surface area contributed by atoms with Crippen LogP contribution >= 0.6 is 11.6 Å². The van der Waals surface area contributed by atoms with Gasteiger partial charge in [-0.05, 0) is 42.7 Å². The van der Waals surface area contributed by atoms with E-state index in [1.807, 2.05) is 18.2 Å². The Labute approximate surface area is 114 Å². The lowest BCUT2D eigenvalue weighted by atomic mass is 10.1. The predicted molar refractivity (Wildman–Crippen MR) is 77.9 cm³/mol. The molecule has 0 saturated heterocycles. The van der Waals surface area contributed by atoms with E-state index in [4.69, 9.17) is 11.6 Å². The van der Waals surface area contributed by atoms with Gasteiger partial charge in [0.15, 0.2) is 0 Å². The van der Waals surface area contributed by atoms with Crippen molar-refractivity contribution in [3.8, 4) is 0 Å². The maximum atomic E-state index is 6.00. The van der Waals surface area contributed by atoms with E-state index in [2.05, 4.69) is 49.5 Å². The lowest BCUT2D eigenvalue weighted by Crippen LogP contribution is -2.18. The van der Waals surface area contributed by atoms with Gasteiger partial charge in [-0.3, -0.25) is 0 Å². The topological polar surface area (TPSA) is 12.0 Å². The maximum absolute atomic E-state index is 6.00. The lowest BCUT2D eigenvalue weighted by Gasteiger charge is -2.15. The van der Waals surface area contributed by atoms with Gasteiger partial charge in [-0.15, -0.1) is 0 Å². The Morgan fingerprint density at radius 2 is 1.89 bits per heavy atom. The van der Waals surface area contributed by atoms with Crippen molar-refractivity contribution in [3.05, 3.63) is 70.2 Å². The van der Waals surface area contributed by atoms with Gasteiger partial charge in [-0.1, -0.05) is 48.0 Å². The van der Waals surface area contributed by atoms with Crippen molar-refractivity contribution in [1.82, 2.24) is 5.32 Å². The molecule has 1 unspecified atom stereocenters. The van der Waals surface area contributed by atoms with Crippen LogP contribution in [0.1, 0.15) is 29.7 Å². The molecule has 1 nitrogen and oxygen atoms in total. The van der Waals surface area contributed by atoms with Crippen molar-refractivity contribution in [3.63, 3.8) is 0 Å². The van der Waals surface area contributed by atoms with Crippen molar-refractivity contribution >= 4 is 11.6 Å². The highest BCUT2D eigenvalue weighted by molar-refractivity contribution is 6.30. The first-order chi connectivity index (χ1) is 8.66. The molecule has 0 radical (unpaired) electrons. The summed E-state index contributed by atoms with van der Waals surface area (Å²) >= 11 is 6.00. The summed E-state index contributed by atoms with van der Waals surface area (Å²) in [6.07, 6.45) is 0. The quantitative estimate of drug-likeness (QED) is 0.853. The average Bonchev–Trinajstić information content (AvgIpc) is 2.37. The summed E-state index contributed by atoms with van der Waals surface area (Å²) < 4.78 is 0. The van der Waals surface area contributed by atoms with Gasteiger partial charge in [0.2, 0.25) is 0 Å². The molecule has 0 heterocycles. The molecule has 1 N–H and O–H groups in total. The molecule has 94 valence electrons. The highest BCUT2D eigenvalue weighted by Crippen LogP contribution is 2.18. The number of aryl methyl sites for hydroxylation is 1. The highest BCUT2D eigenvalue weighted by atomic mass is 35.5. The molecule has 2 rings (SSSR count). The third-order valence-electron chi connectivity index (χ3n) is 3.21. The van der Waals surface area contributed by atoms with Gasteiger partial charge >= 0.3 is 0 Å². The first kappa shape index (κ1) is 13.1. The summed E-state index contributed by atoms with van der Waals surface area (Å²) in [5, 5.41) is 4.31. The standard InChI is InChI=1S/C16H18ClN/c1-12-6-3-4-7-15(12)11-18-13(2)14-8-5-9-16(17)10-14/h3-10,13,18H,11H2,1-2H3. The van der Waals surface area contributed by atoms with E-state index in [1.54, 1.807) is 0 Å². The summed E-state index contributed by atoms with van der Waals surface area (Å²) in [5.74, 6) is 0. The third kappa shape index (κ3) is 3.34. The Bertz CT molecular complexity index is 522. The van der Waals surface area contributed by atoms with Gasteiger partial charge in [-0.25, -0.2) is 0 Å². The number of hydrogen-bond acceptors (Lipinski definition) is 1. The van der Waals surface area contributed by atoms with Crippen LogP contribution in [0.3, 0.4) is 0 Å². The van der Waals surface area contributed by atoms with Crippen LogP contribution < -0.4 is 5.32 Å². The molecule has 0 saturated carbocycles. The van der Waals surface area contributed by atoms with Gasteiger partial charge in [0, 0.05) is 17.6 Å². The zero-order valence-corrected chi connectivity index (χ0v) is 11.5. The molecular weight excluding hydrogens is 242 g/mol. The van der Waals surface area contributed by atoms with E-state index in [-0.39, 0.29) is 0 Å². The summed E-state index contributed by atoms with van der Waals surface area (Å²) in [6, 6.07) is 16.7. The van der Waals surface area contributed by atoms with Crippen molar-refractivity contribution in [2.45, 2.75) is 26.4 Å². The molecule has 0 fully saturated rings. The van der Waals surface area contributed by atoms with Crippen molar-refractivity contribution in [1.29, 1.82) is 0 Å². The van der Waals surface area contributed by atoms with Gasteiger partial charge in [0.05, 0.1) is 0 Å². The molecule has 0 bridgehead atoms. The second-order valence-corrected chi connectivity index (χ2v) is 5.02. The summed E-state index contributed by atoms with van der Waals surface area (Å²) in [4.78, 5) is 0. The predicted octanol–water partition coefficient (Wildman–Crippen LogP) is 4.50. The van der Waals surface area contributed by atoms with Crippen LogP contribution in [0.5, 0.6) is 0 Å². The molecule has 2 heteroatoms. The van der Waals surface area contributed by atoms with E-state index in [9.17, 15) is 0 Å². The zero-order chi connectivity index (χ0) is 13.0. The smallest absolute Gasteiger partial charge is 0.0409 e. The molecule has 1 atom stereocenters. The van der Waals surface area contributed by atoms with Crippen molar-refractivity contribution in [2.75, 3.05) is 0 Å². The SMILES string of the molecule is Cc1ccccc1CNC(C)c1cccc(Cl)c1. The molecule has 2 aromatic rings. The molecule has 2 aromatic carbocycles. The normalized spacial score (nSPS) is 12.4. The second-order valence-electron chi connectivity index (χ2n) is 4.58. The van der Waals surface area contributed by atoms with E-state index in [0.29, 0.717) is 6.04 Å². The van der Waals surface area contributed by atoms with Crippen molar-refractivity contribution in [2.24, 2.45) is 0 Å². The molecule has 0 amide bonds. The van der Waals surface area contributed by atoms with Crippen LogP contribution in [0.25, 0.3) is 0 Å². The van der Waals surface area contributed by atoms with E-state index >= 15 is 0 Å². The van der Waals surface area contributed by atoms with Crippen LogP contribution in [0.2, 0.25) is 5.02 Å². The minimum absolute atomic E-state index is 0.295. The average molecular weight is 260 g/mol. The van der Waals surface area contributed by atoms with Crippen LogP contribution in [-0.2, 0) is 6.54 Å². The Balaban J connectivity index is 2.00. The molecule has 0 aliphatic heterocycles. The number of hydrogen-bond donors (Lipinski definition) is 1. The fourth-order valence-corrected chi connectivity index (χ4v) is 2.16. The number of rotatable bonds is 4. The first-order valence-corrected chi connectivity index (χ1v) is 6.58. The minimum Gasteiger partial charge on any atom is -0.306 e.